The van der Waals surface area contributed by atoms with E-state index in [9.17, 15) is 24.0 Å². The van der Waals surface area contributed by atoms with E-state index >= 15 is 0 Å². The number of benzene rings is 1. The molecule has 2 rings (SSSR count). The molecular weight excluding hydrogens is 330 g/mol. The summed E-state index contributed by atoms with van der Waals surface area (Å²) in [4.78, 5) is 10.1. The Balaban J connectivity index is 1.86. The Labute approximate surface area is 134 Å². The number of halogens is 2. The molecule has 0 saturated carbocycles. The Bertz CT molecular complexity index is 666. The number of nitrogens with zero attached hydrogens (tertiary/aromatic N) is 1. The zero-order valence-corrected chi connectivity index (χ0v) is 12.6. The third-order valence-corrected chi connectivity index (χ3v) is 3.88. The van der Waals surface area contributed by atoms with Crippen LogP contribution in [-0.4, -0.2) is 23.2 Å². The first-order chi connectivity index (χ1) is 11.0. The summed E-state index contributed by atoms with van der Waals surface area (Å²) in [6.45, 7) is -2.40. The fourth-order valence-corrected chi connectivity index (χ4v) is 2.65. The van der Waals surface area contributed by atoms with E-state index in [1.54, 1.807) is 11.4 Å². The monoisotopic (exact) mass is 344 g/mol. The molecule has 1 atom stereocenters. The minimum Gasteiger partial charge on any atom is -0.435 e. The summed E-state index contributed by atoms with van der Waals surface area (Å²) in [5.41, 5.74) is 1.18. The summed E-state index contributed by atoms with van der Waals surface area (Å²) in [6, 6.07) is 7.29. The van der Waals surface area contributed by atoms with Gasteiger partial charge < -0.3 is 15.2 Å². The van der Waals surface area contributed by atoms with Crippen LogP contribution < -0.4 is 10.1 Å². The molecule has 0 aliphatic rings. The van der Waals surface area contributed by atoms with E-state index in [2.05, 4.69) is 10.1 Å². The van der Waals surface area contributed by atoms with Crippen molar-refractivity contribution in [2.45, 2.75) is 19.3 Å². The highest BCUT2D eigenvalue weighted by Crippen LogP contribution is 2.23. The van der Waals surface area contributed by atoms with Crippen molar-refractivity contribution < 1.29 is 23.5 Å². The Morgan fingerprint density at radius 1 is 1.39 bits per heavy atom. The molecule has 6 nitrogen and oxygen atoms in total. The van der Waals surface area contributed by atoms with Crippen LogP contribution in [0.3, 0.4) is 0 Å². The van der Waals surface area contributed by atoms with E-state index in [1.165, 1.54) is 24.3 Å². The van der Waals surface area contributed by atoms with Gasteiger partial charge in [-0.05, 0) is 23.3 Å². The molecule has 1 heterocycles. The van der Waals surface area contributed by atoms with E-state index < -0.39 is 17.6 Å². The fraction of sp³-hybridized carbons (Fsp3) is 0.286. The predicted molar refractivity (Wildman–Crippen MR) is 80.7 cm³/mol. The van der Waals surface area contributed by atoms with Crippen LogP contribution in [-0.2, 0) is 6.54 Å². The number of aliphatic hydroxyl groups excluding tert-OH is 1. The lowest BCUT2D eigenvalue weighted by atomic mass is 10.1. The second kappa shape index (κ2) is 7.95. The smallest absolute Gasteiger partial charge is 0.387 e. The molecule has 1 unspecified atom stereocenters. The van der Waals surface area contributed by atoms with Gasteiger partial charge in [-0.1, -0.05) is 23.5 Å². The number of nitrogens with one attached hydrogen (secondary N) is 1. The largest absolute Gasteiger partial charge is 0.435 e. The van der Waals surface area contributed by atoms with Gasteiger partial charge in [-0.25, -0.2) is 0 Å². The average molecular weight is 344 g/mol. The van der Waals surface area contributed by atoms with Crippen molar-refractivity contribution >= 4 is 16.3 Å². The molecule has 23 heavy (non-hydrogen) atoms. The number of thiophene rings is 1. The minimum atomic E-state index is -2.92. The topological polar surface area (TPSA) is 84.6 Å². The number of alkyl halides is 2. The zero-order valence-electron chi connectivity index (χ0n) is 11.8. The molecule has 124 valence electrons. The van der Waals surface area contributed by atoms with Crippen LogP contribution >= 0.6 is 11.3 Å². The highest BCUT2D eigenvalue weighted by molar-refractivity contribution is 7.13. The van der Waals surface area contributed by atoms with Gasteiger partial charge in [-0.15, -0.1) is 0 Å². The van der Waals surface area contributed by atoms with Gasteiger partial charge in [0.15, 0.2) is 0 Å². The van der Waals surface area contributed by atoms with Crippen molar-refractivity contribution in [3.8, 4) is 5.75 Å². The zero-order chi connectivity index (χ0) is 16.8. The second-order valence-corrected chi connectivity index (χ2v) is 5.54. The van der Waals surface area contributed by atoms with E-state index in [0.717, 1.165) is 16.9 Å². The molecular formula is C14H14F2N2O4S. The SMILES string of the molecule is O=[N+]([O-])c1cc(CNCC(O)c2cccc(OC(F)F)c2)cs1. The molecule has 0 bridgehead atoms. The van der Waals surface area contributed by atoms with E-state index in [4.69, 9.17) is 0 Å². The van der Waals surface area contributed by atoms with Crippen molar-refractivity contribution in [3.63, 3.8) is 0 Å². The molecule has 2 aromatic rings. The van der Waals surface area contributed by atoms with Gasteiger partial charge in [-0.3, -0.25) is 10.1 Å². The maximum atomic E-state index is 12.2. The molecule has 1 aromatic carbocycles. The third-order valence-electron chi connectivity index (χ3n) is 2.95. The molecule has 0 aliphatic carbocycles. The number of nitro groups is 1. The van der Waals surface area contributed by atoms with Gasteiger partial charge in [0.25, 0.3) is 0 Å². The summed E-state index contributed by atoms with van der Waals surface area (Å²) >= 11 is 1.03. The Morgan fingerprint density at radius 2 is 2.17 bits per heavy atom. The Kier molecular flexibility index (Phi) is 5.97. The van der Waals surface area contributed by atoms with Crippen molar-refractivity contribution in [2.75, 3.05) is 6.54 Å². The molecule has 0 fully saturated rings. The highest BCUT2D eigenvalue weighted by Gasteiger charge is 2.12. The molecule has 2 N–H and O–H groups in total. The average Bonchev–Trinajstić information content (AvgIpc) is 2.96. The molecule has 0 radical (unpaired) electrons. The number of rotatable bonds is 8. The van der Waals surface area contributed by atoms with Crippen LogP contribution in [0, 0.1) is 10.1 Å². The first-order valence-electron chi connectivity index (χ1n) is 6.61. The van der Waals surface area contributed by atoms with Crippen LogP contribution in [0.25, 0.3) is 0 Å². The quantitative estimate of drug-likeness (QED) is 0.568. The van der Waals surface area contributed by atoms with Crippen molar-refractivity contribution in [1.82, 2.24) is 5.32 Å². The normalized spacial score (nSPS) is 12.3. The molecule has 1 aromatic heterocycles. The maximum absolute atomic E-state index is 12.2. The molecule has 9 heteroatoms. The van der Waals surface area contributed by atoms with E-state index in [0.29, 0.717) is 12.1 Å². The van der Waals surface area contributed by atoms with E-state index in [1.807, 2.05) is 0 Å². The first-order valence-corrected chi connectivity index (χ1v) is 7.49. The number of aliphatic hydroxyl groups is 1. The van der Waals surface area contributed by atoms with Crippen molar-refractivity contribution in [3.05, 3.63) is 57.0 Å². The summed E-state index contributed by atoms with van der Waals surface area (Å²) in [7, 11) is 0. The van der Waals surface area contributed by atoms with Crippen LogP contribution in [0.15, 0.2) is 35.7 Å². The van der Waals surface area contributed by atoms with Crippen LogP contribution in [0.5, 0.6) is 5.75 Å². The second-order valence-electron chi connectivity index (χ2n) is 4.65. The molecule has 0 amide bonds. The predicted octanol–water partition coefficient (Wildman–Crippen LogP) is 3.08. The number of hydrogen-bond donors (Lipinski definition) is 2. The summed E-state index contributed by atoms with van der Waals surface area (Å²) in [5.74, 6) is -0.0231. The number of ether oxygens (including phenoxy) is 1. The van der Waals surface area contributed by atoms with E-state index in [-0.39, 0.29) is 17.3 Å². The summed E-state index contributed by atoms with van der Waals surface area (Å²) < 4.78 is 28.6. The molecule has 0 spiro atoms. The lowest BCUT2D eigenvalue weighted by Gasteiger charge is -2.13. The maximum Gasteiger partial charge on any atom is 0.387 e. The lowest BCUT2D eigenvalue weighted by molar-refractivity contribution is -0.380. The lowest BCUT2D eigenvalue weighted by Crippen LogP contribution is -2.20. The van der Waals surface area contributed by atoms with Gasteiger partial charge in [0, 0.05) is 24.5 Å². The van der Waals surface area contributed by atoms with Gasteiger partial charge in [0.1, 0.15) is 5.75 Å². The summed E-state index contributed by atoms with van der Waals surface area (Å²) in [6.07, 6.45) is -0.912. The number of hydrogen-bond acceptors (Lipinski definition) is 6. The van der Waals surface area contributed by atoms with Crippen molar-refractivity contribution in [2.24, 2.45) is 0 Å². The summed E-state index contributed by atoms with van der Waals surface area (Å²) in [5, 5.41) is 25.3. The molecule has 0 aliphatic heterocycles. The van der Waals surface area contributed by atoms with Gasteiger partial charge in [0.05, 0.1) is 11.0 Å². The fourth-order valence-electron chi connectivity index (χ4n) is 1.92. The van der Waals surface area contributed by atoms with Gasteiger partial charge in [0.2, 0.25) is 0 Å². The third kappa shape index (κ3) is 5.23. The van der Waals surface area contributed by atoms with Gasteiger partial charge in [-0.2, -0.15) is 8.78 Å². The van der Waals surface area contributed by atoms with Crippen LogP contribution in [0.2, 0.25) is 0 Å². The Morgan fingerprint density at radius 3 is 2.83 bits per heavy atom. The van der Waals surface area contributed by atoms with Crippen molar-refractivity contribution in [1.29, 1.82) is 0 Å². The van der Waals surface area contributed by atoms with Gasteiger partial charge >= 0.3 is 11.6 Å². The first kappa shape index (κ1) is 17.3. The minimum absolute atomic E-state index is 0.0231. The van der Waals surface area contributed by atoms with Crippen LogP contribution in [0.1, 0.15) is 17.2 Å². The Hall–Kier alpha value is -2.10. The van der Waals surface area contributed by atoms with Crippen LogP contribution in [0.4, 0.5) is 13.8 Å². The molecule has 0 saturated heterocycles. The standard InChI is InChI=1S/C14H14F2N2O4S/c15-14(16)22-11-3-1-2-10(5-11)12(19)7-17-6-9-4-13(18(20)21)23-8-9/h1-5,8,12,14,17,19H,6-7H2. The highest BCUT2D eigenvalue weighted by atomic mass is 32.1.